The number of aliphatic hydroxyl groups is 2. The number of carbonyl (C=O) groups excluding carboxylic acids is 4. The second-order valence-corrected chi connectivity index (χ2v) is 21.5. The van der Waals surface area contributed by atoms with Gasteiger partial charge in [0.2, 0.25) is 11.8 Å². The summed E-state index contributed by atoms with van der Waals surface area (Å²) >= 11 is 0. The maximum Gasteiger partial charge on any atom is 0.416 e. The predicted octanol–water partition coefficient (Wildman–Crippen LogP) is 10.5. The molecule has 3 saturated heterocycles. The van der Waals surface area contributed by atoms with Crippen LogP contribution < -0.4 is 0 Å². The third-order valence-corrected chi connectivity index (χ3v) is 15.2. The van der Waals surface area contributed by atoms with Gasteiger partial charge in [0.05, 0.1) is 48.1 Å². The monoisotopic (exact) mass is 1030 g/mol. The van der Waals surface area contributed by atoms with Gasteiger partial charge in [0, 0.05) is 27.2 Å². The molecule has 9 atom stereocenters. The highest BCUT2D eigenvalue weighted by molar-refractivity contribution is 5.96. The van der Waals surface area contributed by atoms with Gasteiger partial charge in [-0.2, -0.15) is 0 Å². The van der Waals surface area contributed by atoms with Gasteiger partial charge < -0.3 is 39.0 Å². The third kappa shape index (κ3) is 20.3. The van der Waals surface area contributed by atoms with E-state index < -0.39 is 36.5 Å². The van der Waals surface area contributed by atoms with E-state index in [0.29, 0.717) is 43.4 Å². The smallest absolute Gasteiger partial charge is 0.416 e. The molecule has 74 heavy (non-hydrogen) atoms. The lowest BCUT2D eigenvalue weighted by Gasteiger charge is -2.30. The molecule has 1 unspecified atom stereocenters. The molecular formula is C59H90N2O13. The Labute approximate surface area is 441 Å². The number of amides is 4. The first-order valence-electron chi connectivity index (χ1n) is 28.2. The maximum atomic E-state index is 13.4. The molecule has 8 rings (SSSR count). The van der Waals surface area contributed by atoms with Crippen molar-refractivity contribution in [1.29, 1.82) is 0 Å². The minimum Gasteiger partial charge on any atom is -0.481 e. The first-order chi connectivity index (χ1) is 35.8. The molecule has 3 aliphatic carbocycles. The number of unbranched alkanes of at least 4 members (excludes halogenated alkanes) is 3. The van der Waals surface area contributed by atoms with E-state index in [1.165, 1.54) is 35.5 Å². The molecule has 6 fully saturated rings. The summed E-state index contributed by atoms with van der Waals surface area (Å²) in [5, 5.41) is 28.3. The number of hydrogen-bond donors (Lipinski definition) is 3. The number of imide groups is 2. The van der Waals surface area contributed by atoms with E-state index in [1.807, 2.05) is 60.7 Å². The lowest BCUT2D eigenvalue weighted by atomic mass is 9.90. The molecule has 3 heterocycles. The van der Waals surface area contributed by atoms with Crippen LogP contribution in [0.5, 0.6) is 0 Å². The van der Waals surface area contributed by atoms with Gasteiger partial charge in [-0.1, -0.05) is 158 Å². The van der Waals surface area contributed by atoms with E-state index in [9.17, 15) is 34.2 Å². The number of aliphatic hydroxyl groups excluding tert-OH is 2. The summed E-state index contributed by atoms with van der Waals surface area (Å²) in [6, 6.07) is 19.2. The Balaban J connectivity index is 0.000000201. The minimum atomic E-state index is -0.690. The fourth-order valence-electron chi connectivity index (χ4n) is 10.2. The number of hydrogen-bond acceptors (Lipinski definition) is 12. The van der Waals surface area contributed by atoms with Crippen molar-refractivity contribution in [2.45, 2.75) is 199 Å². The van der Waals surface area contributed by atoms with Gasteiger partial charge in [-0.3, -0.25) is 14.4 Å². The fraction of sp³-hybridized carbons (Fsp3) is 0.712. The van der Waals surface area contributed by atoms with Gasteiger partial charge in [0.1, 0.15) is 13.2 Å². The number of methoxy groups -OCH3 is 2. The van der Waals surface area contributed by atoms with Gasteiger partial charge in [-0.15, -0.1) is 0 Å². The SMILES string of the molecule is CCCC[C@H](O)[C@@H](CC1CC1)C(=O)N1C(=O)OC[C@H]1Cc1ccccc1.CCCC[C@H](OC)[C@@H](CC1CC1)C(=O)N1C(=O)OC[C@H]1Cc1ccccc1.CCCC[C@H](OC)[C@@H](CC1CC1)C(=O)O.OC1CCCO1. The van der Waals surface area contributed by atoms with Crippen molar-refractivity contribution in [1.82, 2.24) is 9.80 Å². The lowest BCUT2D eigenvalue weighted by Crippen LogP contribution is -2.47. The van der Waals surface area contributed by atoms with E-state index in [0.717, 1.165) is 108 Å². The molecule has 3 saturated carbocycles. The van der Waals surface area contributed by atoms with Crippen molar-refractivity contribution < 1.29 is 63.0 Å². The number of carboxylic acid groups (broad SMARTS) is 1. The zero-order chi connectivity index (χ0) is 53.4. The Morgan fingerprint density at radius 1 is 0.608 bits per heavy atom. The molecule has 0 radical (unpaired) electrons. The summed E-state index contributed by atoms with van der Waals surface area (Å²) in [6.07, 6.45) is 18.3. The van der Waals surface area contributed by atoms with Crippen molar-refractivity contribution in [3.63, 3.8) is 0 Å². The molecule has 15 heteroatoms. The van der Waals surface area contributed by atoms with Crippen LogP contribution in [0.2, 0.25) is 0 Å². The van der Waals surface area contributed by atoms with E-state index in [-0.39, 0.29) is 61.2 Å². The van der Waals surface area contributed by atoms with Gasteiger partial charge in [0.15, 0.2) is 6.29 Å². The van der Waals surface area contributed by atoms with Crippen molar-refractivity contribution in [3.05, 3.63) is 71.8 Å². The number of cyclic esters (lactones) is 2. The summed E-state index contributed by atoms with van der Waals surface area (Å²) in [5.74, 6) is -0.395. The Bertz CT molecular complexity index is 1950. The van der Waals surface area contributed by atoms with Gasteiger partial charge >= 0.3 is 18.2 Å². The molecule has 0 aromatic heterocycles. The number of ether oxygens (including phenoxy) is 5. The molecule has 3 aliphatic heterocycles. The zero-order valence-corrected chi connectivity index (χ0v) is 45.2. The summed E-state index contributed by atoms with van der Waals surface area (Å²) in [7, 11) is 3.31. The second kappa shape index (κ2) is 32.2. The van der Waals surface area contributed by atoms with Gasteiger partial charge in [-0.05, 0) is 86.7 Å². The average Bonchev–Trinajstić information content (AvgIpc) is 4.37. The van der Waals surface area contributed by atoms with Crippen LogP contribution in [0, 0.1) is 35.5 Å². The third-order valence-electron chi connectivity index (χ3n) is 15.2. The van der Waals surface area contributed by atoms with Crippen LogP contribution in [-0.2, 0) is 50.9 Å². The van der Waals surface area contributed by atoms with Crippen molar-refractivity contribution in [2.75, 3.05) is 34.0 Å². The second-order valence-electron chi connectivity index (χ2n) is 21.5. The molecule has 2 aromatic rings. The maximum absolute atomic E-state index is 13.4. The molecular weight excluding hydrogens is 945 g/mol. The average molecular weight is 1040 g/mol. The van der Waals surface area contributed by atoms with Crippen LogP contribution in [0.15, 0.2) is 60.7 Å². The largest absolute Gasteiger partial charge is 0.481 e. The fourth-order valence-corrected chi connectivity index (χ4v) is 10.2. The quantitative estimate of drug-likeness (QED) is 0.0764. The summed E-state index contributed by atoms with van der Waals surface area (Å²) < 4.78 is 26.2. The van der Waals surface area contributed by atoms with Crippen molar-refractivity contribution >= 4 is 30.0 Å². The van der Waals surface area contributed by atoms with E-state index in [2.05, 4.69) is 20.8 Å². The lowest BCUT2D eigenvalue weighted by molar-refractivity contribution is -0.147. The summed E-state index contributed by atoms with van der Waals surface area (Å²) in [4.78, 5) is 65.1. The Hall–Kier alpha value is -4.41. The van der Waals surface area contributed by atoms with Crippen LogP contribution >= 0.6 is 0 Å². The van der Waals surface area contributed by atoms with Crippen LogP contribution in [0.3, 0.4) is 0 Å². The molecule has 6 aliphatic rings. The number of carbonyl (C=O) groups is 5. The first kappa shape index (κ1) is 60.5. The first-order valence-corrected chi connectivity index (χ1v) is 28.2. The van der Waals surface area contributed by atoms with Crippen molar-refractivity contribution in [3.8, 4) is 0 Å². The molecule has 0 spiro atoms. The predicted molar refractivity (Wildman–Crippen MR) is 282 cm³/mol. The number of rotatable bonds is 27. The Morgan fingerprint density at radius 3 is 1.38 bits per heavy atom. The number of benzene rings is 2. The standard InChI is InChI=1S/C22H31NO4.C21H29NO4.C12H22O3.C4H8O2/c1-3-4-10-20(26-2)19(14-17-11-12-17)21(24)23-18(15-27-22(23)25)13-16-8-6-5-7-9-16;1-2-3-9-19(23)18(13-16-10-11-16)20(24)22-17(14-26-21(22)25)12-15-7-5-4-6-8-15;1-3-4-5-11(15-2)10(12(13)14)8-9-6-7-9;5-4-2-1-3-6-4/h5-9,17-20H,3-4,10-15H2,1-2H3;4-8,16-19,23H,2-3,9-14H2,1H3;9-11H,3-8H2,1-2H3,(H,13,14);4-5H,1-3H2/t18-,19-,20+;17-,18-,19+;10-,11+;/m111./s1. The molecule has 2 aromatic carbocycles. The molecule has 15 nitrogen and oxygen atoms in total. The van der Waals surface area contributed by atoms with Gasteiger partial charge in [-0.25, -0.2) is 19.4 Å². The Morgan fingerprint density at radius 2 is 1.01 bits per heavy atom. The number of nitrogens with zero attached hydrogens (tertiary/aromatic N) is 2. The number of carboxylic acids is 1. The molecule has 4 amide bonds. The van der Waals surface area contributed by atoms with Crippen LogP contribution in [0.25, 0.3) is 0 Å². The van der Waals surface area contributed by atoms with E-state index in [1.54, 1.807) is 14.2 Å². The van der Waals surface area contributed by atoms with Crippen LogP contribution in [0.1, 0.15) is 160 Å². The normalized spacial score (nSPS) is 22.6. The summed E-state index contributed by atoms with van der Waals surface area (Å²) in [6.45, 7) is 7.55. The molecule has 3 N–H and O–H groups in total. The minimum absolute atomic E-state index is 0.0944. The summed E-state index contributed by atoms with van der Waals surface area (Å²) in [5.41, 5.74) is 2.17. The Kier molecular flexibility index (Phi) is 26.3. The van der Waals surface area contributed by atoms with Crippen molar-refractivity contribution in [2.24, 2.45) is 35.5 Å². The highest BCUT2D eigenvalue weighted by Gasteiger charge is 2.46. The zero-order valence-electron chi connectivity index (χ0n) is 45.2. The van der Waals surface area contributed by atoms with Crippen LogP contribution in [-0.4, -0.2) is 126 Å². The van der Waals surface area contributed by atoms with Crippen LogP contribution in [0.4, 0.5) is 9.59 Å². The van der Waals surface area contributed by atoms with E-state index in [4.69, 9.17) is 28.8 Å². The van der Waals surface area contributed by atoms with Gasteiger partial charge in [0.25, 0.3) is 0 Å². The highest BCUT2D eigenvalue weighted by atomic mass is 16.6. The molecule has 0 bridgehead atoms. The molecule has 414 valence electrons. The van der Waals surface area contributed by atoms with E-state index >= 15 is 0 Å². The topological polar surface area (TPSA) is 199 Å². The number of aliphatic carboxylic acids is 1. The highest BCUT2D eigenvalue weighted by Crippen LogP contribution is 2.40.